The standard InChI is InChI=1S/C21H22N2O2/c24-20-15-23(14-16-4-2-1-3-5-16)11-9-21(20)25-19-7-6-17-8-10-22-13-18(17)12-19/h1-8,10,12-13,20-21,24H,9,11,14-15H2/t20-,21-/m1/s1. The van der Waals surface area contributed by atoms with Gasteiger partial charge in [0.1, 0.15) is 18.0 Å². The van der Waals surface area contributed by atoms with E-state index in [1.54, 1.807) is 6.20 Å². The van der Waals surface area contributed by atoms with E-state index in [1.165, 1.54) is 5.56 Å². The van der Waals surface area contributed by atoms with Crippen LogP contribution in [0.2, 0.25) is 0 Å². The Morgan fingerprint density at radius 2 is 1.96 bits per heavy atom. The fourth-order valence-corrected chi connectivity index (χ4v) is 3.41. The topological polar surface area (TPSA) is 45.6 Å². The lowest BCUT2D eigenvalue weighted by Gasteiger charge is -2.36. The number of aliphatic hydroxyl groups is 1. The van der Waals surface area contributed by atoms with Crippen LogP contribution in [-0.4, -0.2) is 40.3 Å². The van der Waals surface area contributed by atoms with Crippen molar-refractivity contribution in [2.75, 3.05) is 13.1 Å². The molecule has 0 spiro atoms. The summed E-state index contributed by atoms with van der Waals surface area (Å²) >= 11 is 0. The van der Waals surface area contributed by atoms with Gasteiger partial charge in [0, 0.05) is 37.4 Å². The Morgan fingerprint density at radius 1 is 1.08 bits per heavy atom. The third kappa shape index (κ3) is 3.81. The number of rotatable bonds is 4. The van der Waals surface area contributed by atoms with Gasteiger partial charge in [-0.05, 0) is 35.6 Å². The molecule has 25 heavy (non-hydrogen) atoms. The van der Waals surface area contributed by atoms with E-state index in [1.807, 2.05) is 36.5 Å². The van der Waals surface area contributed by atoms with Crippen molar-refractivity contribution in [1.82, 2.24) is 9.88 Å². The highest BCUT2D eigenvalue weighted by Gasteiger charge is 2.29. The van der Waals surface area contributed by atoms with E-state index in [4.69, 9.17) is 4.74 Å². The molecule has 1 saturated heterocycles. The molecule has 4 rings (SSSR count). The number of hydrogen-bond donors (Lipinski definition) is 1. The summed E-state index contributed by atoms with van der Waals surface area (Å²) < 4.78 is 6.07. The van der Waals surface area contributed by atoms with E-state index in [0.29, 0.717) is 6.54 Å². The van der Waals surface area contributed by atoms with E-state index in [0.717, 1.165) is 36.0 Å². The number of piperidine rings is 1. The molecule has 0 amide bonds. The van der Waals surface area contributed by atoms with Gasteiger partial charge >= 0.3 is 0 Å². The Hall–Kier alpha value is -2.43. The molecular formula is C21H22N2O2. The first-order valence-electron chi connectivity index (χ1n) is 8.73. The lowest BCUT2D eigenvalue weighted by molar-refractivity contribution is -0.0274. The van der Waals surface area contributed by atoms with Gasteiger partial charge in [0.15, 0.2) is 0 Å². The molecule has 4 nitrogen and oxygen atoms in total. The van der Waals surface area contributed by atoms with E-state index in [2.05, 4.69) is 34.1 Å². The molecule has 0 bridgehead atoms. The second kappa shape index (κ2) is 7.21. The highest BCUT2D eigenvalue weighted by Crippen LogP contribution is 2.24. The summed E-state index contributed by atoms with van der Waals surface area (Å²) in [5.74, 6) is 0.793. The van der Waals surface area contributed by atoms with Crippen LogP contribution in [-0.2, 0) is 6.54 Å². The maximum atomic E-state index is 10.5. The van der Waals surface area contributed by atoms with Crippen LogP contribution in [0.3, 0.4) is 0 Å². The molecule has 2 atom stereocenters. The van der Waals surface area contributed by atoms with Crippen LogP contribution in [0.4, 0.5) is 0 Å². The van der Waals surface area contributed by atoms with Crippen molar-refractivity contribution >= 4 is 10.8 Å². The second-order valence-corrected chi connectivity index (χ2v) is 6.62. The normalized spacial score (nSPS) is 21.3. The Morgan fingerprint density at radius 3 is 2.80 bits per heavy atom. The van der Waals surface area contributed by atoms with Crippen molar-refractivity contribution in [3.8, 4) is 5.75 Å². The summed E-state index contributed by atoms with van der Waals surface area (Å²) in [4.78, 5) is 6.44. The number of β-amino-alcohol motifs (C(OH)–C–C–N with tert-alkyl or cyclic N) is 1. The maximum Gasteiger partial charge on any atom is 0.127 e. The number of ether oxygens (including phenoxy) is 1. The monoisotopic (exact) mass is 334 g/mol. The smallest absolute Gasteiger partial charge is 0.127 e. The Balaban J connectivity index is 1.39. The van der Waals surface area contributed by atoms with Gasteiger partial charge in [-0.25, -0.2) is 0 Å². The molecule has 0 aliphatic carbocycles. The number of fused-ring (bicyclic) bond motifs is 1. The number of hydrogen-bond acceptors (Lipinski definition) is 4. The Kier molecular flexibility index (Phi) is 4.63. The molecule has 2 aromatic carbocycles. The quantitative estimate of drug-likeness (QED) is 0.795. The minimum Gasteiger partial charge on any atom is -0.488 e. The molecule has 3 aromatic rings. The molecule has 0 saturated carbocycles. The van der Waals surface area contributed by atoms with Crippen molar-refractivity contribution < 1.29 is 9.84 Å². The first-order valence-corrected chi connectivity index (χ1v) is 8.73. The third-order valence-electron chi connectivity index (χ3n) is 4.75. The van der Waals surface area contributed by atoms with E-state index in [9.17, 15) is 5.11 Å². The van der Waals surface area contributed by atoms with Gasteiger partial charge in [0.25, 0.3) is 0 Å². The first-order chi connectivity index (χ1) is 12.3. The zero-order chi connectivity index (χ0) is 17.1. The first kappa shape index (κ1) is 16.1. The van der Waals surface area contributed by atoms with Crippen molar-refractivity contribution in [1.29, 1.82) is 0 Å². The molecule has 1 aromatic heterocycles. The van der Waals surface area contributed by atoms with Crippen LogP contribution < -0.4 is 4.74 Å². The van der Waals surface area contributed by atoms with Gasteiger partial charge in [-0.2, -0.15) is 0 Å². The van der Waals surface area contributed by atoms with Gasteiger partial charge in [-0.3, -0.25) is 9.88 Å². The van der Waals surface area contributed by atoms with Gasteiger partial charge in [0.2, 0.25) is 0 Å². The number of pyridine rings is 1. The number of aliphatic hydroxyl groups excluding tert-OH is 1. The van der Waals surface area contributed by atoms with Crippen LogP contribution in [0.1, 0.15) is 12.0 Å². The summed E-state index contributed by atoms with van der Waals surface area (Å²) in [6.07, 6.45) is 3.79. The SMILES string of the molecule is O[C@@H]1CN(Cc2ccccc2)CC[C@H]1Oc1ccc2ccncc2c1. The molecule has 0 unspecified atom stereocenters. The summed E-state index contributed by atoms with van der Waals surface area (Å²) in [5.41, 5.74) is 1.27. The van der Waals surface area contributed by atoms with Crippen LogP contribution >= 0.6 is 0 Å². The zero-order valence-electron chi connectivity index (χ0n) is 14.1. The number of nitrogens with zero attached hydrogens (tertiary/aromatic N) is 2. The maximum absolute atomic E-state index is 10.5. The number of benzene rings is 2. The number of likely N-dealkylation sites (tertiary alicyclic amines) is 1. The minimum absolute atomic E-state index is 0.166. The van der Waals surface area contributed by atoms with E-state index < -0.39 is 6.10 Å². The predicted octanol–water partition coefficient (Wildman–Crippen LogP) is 3.25. The third-order valence-corrected chi connectivity index (χ3v) is 4.75. The van der Waals surface area contributed by atoms with Crippen LogP contribution in [0.5, 0.6) is 5.75 Å². The Bertz CT molecular complexity index is 837. The Labute approximate surface area is 147 Å². The van der Waals surface area contributed by atoms with Gasteiger partial charge < -0.3 is 9.84 Å². The molecule has 1 aliphatic heterocycles. The molecule has 128 valence electrons. The van der Waals surface area contributed by atoms with Gasteiger partial charge in [-0.15, -0.1) is 0 Å². The zero-order valence-corrected chi connectivity index (χ0v) is 14.1. The van der Waals surface area contributed by atoms with Gasteiger partial charge in [-0.1, -0.05) is 36.4 Å². The van der Waals surface area contributed by atoms with Crippen LogP contribution in [0.15, 0.2) is 67.0 Å². The van der Waals surface area contributed by atoms with Crippen molar-refractivity contribution in [2.45, 2.75) is 25.2 Å². The van der Waals surface area contributed by atoms with Crippen LogP contribution in [0.25, 0.3) is 10.8 Å². The van der Waals surface area contributed by atoms with Crippen molar-refractivity contribution in [3.05, 3.63) is 72.6 Å². The number of aromatic nitrogens is 1. The summed E-state index contributed by atoms with van der Waals surface area (Å²) in [6, 6.07) is 18.3. The highest BCUT2D eigenvalue weighted by atomic mass is 16.5. The molecule has 1 fully saturated rings. The summed E-state index contributed by atoms with van der Waals surface area (Å²) in [6.45, 7) is 2.42. The largest absolute Gasteiger partial charge is 0.488 e. The molecule has 1 N–H and O–H groups in total. The predicted molar refractivity (Wildman–Crippen MR) is 98.5 cm³/mol. The van der Waals surface area contributed by atoms with E-state index in [-0.39, 0.29) is 6.10 Å². The van der Waals surface area contributed by atoms with E-state index >= 15 is 0 Å². The summed E-state index contributed by atoms with van der Waals surface area (Å²) in [5, 5.41) is 12.7. The lowest BCUT2D eigenvalue weighted by Crippen LogP contribution is -2.48. The summed E-state index contributed by atoms with van der Waals surface area (Å²) in [7, 11) is 0. The fourth-order valence-electron chi connectivity index (χ4n) is 3.41. The fraction of sp³-hybridized carbons (Fsp3) is 0.286. The highest BCUT2D eigenvalue weighted by molar-refractivity contribution is 5.82. The van der Waals surface area contributed by atoms with Crippen molar-refractivity contribution in [2.24, 2.45) is 0 Å². The average molecular weight is 334 g/mol. The molecule has 0 radical (unpaired) electrons. The van der Waals surface area contributed by atoms with Gasteiger partial charge in [0.05, 0.1) is 0 Å². The van der Waals surface area contributed by atoms with Crippen LogP contribution in [0, 0.1) is 0 Å². The second-order valence-electron chi connectivity index (χ2n) is 6.62. The molecular weight excluding hydrogens is 312 g/mol. The molecule has 2 heterocycles. The average Bonchev–Trinajstić information content (AvgIpc) is 2.65. The molecule has 4 heteroatoms. The molecule has 1 aliphatic rings. The minimum atomic E-state index is -0.484. The van der Waals surface area contributed by atoms with Crippen molar-refractivity contribution in [3.63, 3.8) is 0 Å². The lowest BCUT2D eigenvalue weighted by atomic mass is 10.0.